The Bertz CT molecular complexity index is 890. The molecule has 0 bridgehead atoms. The molecular formula is C23H26O12. The predicted octanol–water partition coefficient (Wildman–Crippen LogP) is 3.33. The fourth-order valence-electron chi connectivity index (χ4n) is 2.76. The first-order valence-electron chi connectivity index (χ1n) is 9.90. The number of carbonyl (C=O) groups excluding carboxylic acids is 2. The largest absolute Gasteiger partial charge is 0.493 e. The predicted molar refractivity (Wildman–Crippen MR) is 118 cm³/mol. The summed E-state index contributed by atoms with van der Waals surface area (Å²) in [4.78, 5) is 44.1. The van der Waals surface area contributed by atoms with E-state index in [1.54, 1.807) is 0 Å². The minimum absolute atomic E-state index is 0.0253. The second kappa shape index (κ2) is 13.1. The van der Waals surface area contributed by atoms with E-state index in [0.29, 0.717) is 11.5 Å². The van der Waals surface area contributed by atoms with Gasteiger partial charge in [-0.2, -0.15) is 0 Å². The zero-order chi connectivity index (χ0) is 26.0. The lowest BCUT2D eigenvalue weighted by Crippen LogP contribution is -2.16. The lowest BCUT2D eigenvalue weighted by Gasteiger charge is -2.15. The van der Waals surface area contributed by atoms with Crippen molar-refractivity contribution in [2.75, 3.05) is 42.7 Å². The van der Waals surface area contributed by atoms with Gasteiger partial charge in [-0.25, -0.2) is 9.59 Å². The molecular weight excluding hydrogens is 468 g/mol. The normalized spacial score (nSPS) is 10.4. The molecule has 0 N–H and O–H groups in total. The monoisotopic (exact) mass is 494 g/mol. The quantitative estimate of drug-likeness (QED) is 0.299. The topological polar surface area (TPSA) is 126 Å². The van der Waals surface area contributed by atoms with Gasteiger partial charge in [0.2, 0.25) is 11.5 Å². The molecule has 0 atom stereocenters. The zero-order valence-corrected chi connectivity index (χ0v) is 20.1. The Balaban J connectivity index is 2.04. The summed E-state index contributed by atoms with van der Waals surface area (Å²) in [6.45, 7) is 3.56. The molecule has 0 amide bonds. The molecule has 0 saturated heterocycles. The third kappa shape index (κ3) is 6.58. The van der Waals surface area contributed by atoms with Crippen molar-refractivity contribution >= 4 is 11.9 Å². The van der Waals surface area contributed by atoms with E-state index in [9.17, 15) is 9.59 Å². The summed E-state index contributed by atoms with van der Waals surface area (Å²) in [6.07, 6.45) is -0.572. The summed E-state index contributed by atoms with van der Waals surface area (Å²) in [5, 5.41) is 0. The number of ether oxygens (including phenoxy) is 6. The summed E-state index contributed by atoms with van der Waals surface area (Å²) in [7, 11) is 8.43. The highest BCUT2D eigenvalue weighted by atomic mass is 17.3. The molecule has 0 aliphatic rings. The van der Waals surface area contributed by atoms with Crippen LogP contribution in [-0.4, -0.2) is 54.6 Å². The van der Waals surface area contributed by atoms with Crippen molar-refractivity contribution < 1.29 is 57.6 Å². The standard InChI is InChI=1S/C23H26O12/c1-8-19(32-34-22(24)13-9-15(26-2)20(30-6)16(10-13)27-3)33-35-23(25)14-11-17(28-4)21(31-7)18(12-14)29-5/h9-12H,1,8H2,2-7H3. The highest BCUT2D eigenvalue weighted by molar-refractivity contribution is 5.91. The third-order valence-electron chi connectivity index (χ3n) is 4.43. The Morgan fingerprint density at radius 3 is 1.11 bits per heavy atom. The van der Waals surface area contributed by atoms with Gasteiger partial charge in [-0.15, -0.1) is 9.78 Å². The van der Waals surface area contributed by atoms with E-state index in [2.05, 4.69) is 6.92 Å². The summed E-state index contributed by atoms with van der Waals surface area (Å²) >= 11 is 0. The van der Waals surface area contributed by atoms with Crippen LogP contribution in [-0.2, 0) is 19.6 Å². The van der Waals surface area contributed by atoms with Gasteiger partial charge in [-0.1, -0.05) is 0 Å². The summed E-state index contributed by atoms with van der Waals surface area (Å²) in [5.41, 5.74) is 0.0506. The van der Waals surface area contributed by atoms with E-state index in [1.807, 2.05) is 0 Å². The van der Waals surface area contributed by atoms with Crippen LogP contribution in [0.15, 0.2) is 24.3 Å². The number of methoxy groups -OCH3 is 6. The van der Waals surface area contributed by atoms with Gasteiger partial charge in [0.25, 0.3) is 0 Å². The Labute approximate surface area is 202 Å². The average molecular weight is 494 g/mol. The molecule has 0 fully saturated rings. The van der Waals surface area contributed by atoms with E-state index in [0.717, 1.165) is 0 Å². The first-order chi connectivity index (χ1) is 16.9. The zero-order valence-electron chi connectivity index (χ0n) is 20.1. The molecule has 2 aromatic carbocycles. The van der Waals surface area contributed by atoms with Crippen LogP contribution in [0.4, 0.5) is 0 Å². The molecule has 12 nitrogen and oxygen atoms in total. The lowest BCUT2D eigenvalue weighted by molar-refractivity contribution is -0.362. The van der Waals surface area contributed by atoms with Crippen LogP contribution < -0.4 is 28.4 Å². The van der Waals surface area contributed by atoms with Gasteiger partial charge >= 0.3 is 18.2 Å². The van der Waals surface area contributed by atoms with E-state index in [-0.39, 0.29) is 40.5 Å². The van der Waals surface area contributed by atoms with Crippen molar-refractivity contribution in [3.63, 3.8) is 0 Å². The fourth-order valence-corrected chi connectivity index (χ4v) is 2.76. The van der Waals surface area contributed by atoms with Crippen molar-refractivity contribution in [3.05, 3.63) is 48.6 Å². The van der Waals surface area contributed by atoms with E-state index >= 15 is 0 Å². The summed E-state index contributed by atoms with van der Waals surface area (Å²) in [5.74, 6) is -0.332. The van der Waals surface area contributed by atoms with Gasteiger partial charge in [0.05, 0.1) is 53.8 Å². The smallest absolute Gasteiger partial charge is 0.373 e. The number of rotatable bonds is 13. The van der Waals surface area contributed by atoms with Crippen molar-refractivity contribution in [2.24, 2.45) is 0 Å². The molecule has 0 saturated carbocycles. The minimum Gasteiger partial charge on any atom is -0.493 e. The average Bonchev–Trinajstić information content (AvgIpc) is 2.90. The van der Waals surface area contributed by atoms with Crippen LogP contribution in [0, 0.1) is 13.2 Å². The number of carbonyl (C=O) groups is 2. The number of hydrogen-bond donors (Lipinski definition) is 0. The van der Waals surface area contributed by atoms with Crippen LogP contribution in [0.3, 0.4) is 0 Å². The van der Waals surface area contributed by atoms with Crippen molar-refractivity contribution in [1.29, 1.82) is 0 Å². The molecule has 0 aromatic heterocycles. The van der Waals surface area contributed by atoms with Gasteiger partial charge in [0.1, 0.15) is 0 Å². The summed E-state index contributed by atoms with van der Waals surface area (Å²) in [6, 6.07) is 5.45. The summed E-state index contributed by atoms with van der Waals surface area (Å²) < 4.78 is 31.2. The maximum atomic E-state index is 12.4. The molecule has 2 aromatic rings. The van der Waals surface area contributed by atoms with Crippen molar-refractivity contribution in [1.82, 2.24) is 0 Å². The molecule has 0 aliphatic heterocycles. The highest BCUT2D eigenvalue weighted by Crippen LogP contribution is 2.39. The van der Waals surface area contributed by atoms with Crippen LogP contribution >= 0.6 is 0 Å². The van der Waals surface area contributed by atoms with E-state index in [1.165, 1.54) is 66.9 Å². The molecule has 2 radical (unpaired) electrons. The molecule has 0 unspecified atom stereocenters. The molecule has 12 heteroatoms. The Morgan fingerprint density at radius 2 is 0.886 bits per heavy atom. The number of benzene rings is 2. The van der Waals surface area contributed by atoms with Gasteiger partial charge in [0.15, 0.2) is 23.0 Å². The first-order valence-corrected chi connectivity index (χ1v) is 9.90. The molecule has 190 valence electrons. The molecule has 35 heavy (non-hydrogen) atoms. The van der Waals surface area contributed by atoms with Crippen LogP contribution in [0.2, 0.25) is 0 Å². The minimum atomic E-state index is -0.922. The molecule has 0 heterocycles. The second-order valence-electron chi connectivity index (χ2n) is 6.36. The van der Waals surface area contributed by atoms with Crippen LogP contribution in [0.1, 0.15) is 27.1 Å². The maximum absolute atomic E-state index is 12.4. The maximum Gasteiger partial charge on any atom is 0.373 e. The van der Waals surface area contributed by atoms with Crippen molar-refractivity contribution in [2.45, 2.75) is 6.42 Å². The van der Waals surface area contributed by atoms with Gasteiger partial charge < -0.3 is 28.4 Å². The molecule has 0 aliphatic carbocycles. The Morgan fingerprint density at radius 1 is 0.571 bits per heavy atom. The van der Waals surface area contributed by atoms with E-state index < -0.39 is 18.2 Å². The Kier molecular flexibility index (Phi) is 10.2. The SMILES string of the molecule is [CH2]C[C](OOC(=O)c1cc(OC)c(OC)c(OC)c1)OOC(=O)c1cc(OC)c(OC)c(OC)c1. The Hall–Kier alpha value is -3.90. The van der Waals surface area contributed by atoms with Crippen LogP contribution in [0.25, 0.3) is 0 Å². The second-order valence-corrected chi connectivity index (χ2v) is 6.36. The first kappa shape index (κ1) is 27.3. The molecule has 2 rings (SSSR count). The number of hydrogen-bond acceptors (Lipinski definition) is 12. The van der Waals surface area contributed by atoms with Gasteiger partial charge in [-0.05, 0) is 31.2 Å². The molecule has 0 spiro atoms. The third-order valence-corrected chi connectivity index (χ3v) is 4.43. The lowest BCUT2D eigenvalue weighted by atomic mass is 10.2. The van der Waals surface area contributed by atoms with E-state index in [4.69, 9.17) is 48.0 Å². The van der Waals surface area contributed by atoms with Crippen molar-refractivity contribution in [3.8, 4) is 34.5 Å². The van der Waals surface area contributed by atoms with Gasteiger partial charge in [-0.3, -0.25) is 9.78 Å². The highest BCUT2D eigenvalue weighted by Gasteiger charge is 2.24. The van der Waals surface area contributed by atoms with Gasteiger partial charge in [0, 0.05) is 6.42 Å². The van der Waals surface area contributed by atoms with Crippen LogP contribution in [0.5, 0.6) is 34.5 Å². The fraction of sp³-hybridized carbons (Fsp3) is 0.304.